The number of alkyl halides is 3. The molecule has 2 aromatic carbocycles. The topological polar surface area (TPSA) is 66.5 Å². The molecule has 140 valence electrons. The molecule has 1 N–H and O–H groups in total. The maximum atomic E-state index is 12.6. The number of sulfonamides is 1. The smallest absolute Gasteiger partial charge is 0.322 e. The van der Waals surface area contributed by atoms with E-state index in [1.165, 1.54) is 32.3 Å². The van der Waals surface area contributed by atoms with Gasteiger partial charge in [-0.2, -0.15) is 13.2 Å². The van der Waals surface area contributed by atoms with Crippen LogP contribution in [0.25, 0.3) is 0 Å². The monoisotopic (exact) mass is 406 g/mol. The maximum absolute atomic E-state index is 12.6. The second-order valence-corrected chi connectivity index (χ2v) is 7.99. The number of anilines is 1. The van der Waals surface area contributed by atoms with E-state index in [4.69, 9.17) is 11.6 Å². The van der Waals surface area contributed by atoms with E-state index in [9.17, 15) is 26.4 Å². The molecule has 0 aliphatic rings. The summed E-state index contributed by atoms with van der Waals surface area (Å²) >= 11 is 5.91. The second-order valence-electron chi connectivity index (χ2n) is 5.46. The first kappa shape index (κ1) is 20.2. The van der Waals surface area contributed by atoms with E-state index in [2.05, 4.69) is 5.32 Å². The summed E-state index contributed by atoms with van der Waals surface area (Å²) in [5.74, 6) is -0.686. The van der Waals surface area contributed by atoms with Crippen LogP contribution in [0.2, 0.25) is 5.02 Å². The molecule has 0 heterocycles. The number of amides is 1. The van der Waals surface area contributed by atoms with E-state index in [0.29, 0.717) is 0 Å². The Balaban J connectivity index is 2.27. The summed E-state index contributed by atoms with van der Waals surface area (Å²) in [6.07, 6.45) is -4.50. The zero-order chi connectivity index (χ0) is 19.7. The van der Waals surface area contributed by atoms with E-state index in [-0.39, 0.29) is 21.2 Å². The van der Waals surface area contributed by atoms with Gasteiger partial charge in [0, 0.05) is 25.3 Å². The van der Waals surface area contributed by atoms with Crippen LogP contribution in [0.5, 0.6) is 0 Å². The van der Waals surface area contributed by atoms with Crippen LogP contribution in [0.15, 0.2) is 47.4 Å². The highest BCUT2D eigenvalue weighted by Crippen LogP contribution is 2.30. The molecule has 0 aromatic heterocycles. The number of nitrogens with one attached hydrogen (secondary N) is 1. The van der Waals surface area contributed by atoms with Gasteiger partial charge in [0.1, 0.15) is 4.90 Å². The number of carbonyl (C=O) groups is 1. The molecular formula is C16H14ClF3N2O3S. The summed E-state index contributed by atoms with van der Waals surface area (Å²) < 4.78 is 63.1. The molecule has 0 saturated heterocycles. The molecule has 0 unspecified atom stereocenters. The Bertz CT molecular complexity index is 927. The molecule has 0 fully saturated rings. The van der Waals surface area contributed by atoms with E-state index >= 15 is 0 Å². The molecule has 26 heavy (non-hydrogen) atoms. The van der Waals surface area contributed by atoms with Crippen LogP contribution in [0.3, 0.4) is 0 Å². The van der Waals surface area contributed by atoms with Gasteiger partial charge in [0.2, 0.25) is 10.0 Å². The molecule has 1 amide bonds. The third-order valence-electron chi connectivity index (χ3n) is 3.42. The van der Waals surface area contributed by atoms with Gasteiger partial charge < -0.3 is 5.32 Å². The summed E-state index contributed by atoms with van der Waals surface area (Å²) in [4.78, 5) is 12.0. The summed E-state index contributed by atoms with van der Waals surface area (Å²) in [5.41, 5.74) is -0.746. The lowest BCUT2D eigenvalue weighted by atomic mass is 10.1. The van der Waals surface area contributed by atoms with Crippen LogP contribution >= 0.6 is 11.6 Å². The number of benzene rings is 2. The fraction of sp³-hybridized carbons (Fsp3) is 0.188. The SMILES string of the molecule is CN(C)S(=O)(=O)c1cc(NC(=O)c2ccc(C(F)(F)F)cc2)ccc1Cl. The van der Waals surface area contributed by atoms with Gasteiger partial charge in [-0.1, -0.05) is 11.6 Å². The highest BCUT2D eigenvalue weighted by Gasteiger charge is 2.30. The zero-order valence-electron chi connectivity index (χ0n) is 13.6. The summed E-state index contributed by atoms with van der Waals surface area (Å²) in [6.45, 7) is 0. The fourth-order valence-corrected chi connectivity index (χ4v) is 3.38. The van der Waals surface area contributed by atoms with Crippen LogP contribution < -0.4 is 5.32 Å². The Labute approximate surface area is 153 Å². The predicted octanol–water partition coefficient (Wildman–Crippen LogP) is 3.86. The Morgan fingerprint density at radius 1 is 1.08 bits per heavy atom. The van der Waals surface area contributed by atoms with Crippen molar-refractivity contribution in [2.45, 2.75) is 11.1 Å². The van der Waals surface area contributed by atoms with E-state index in [1.54, 1.807) is 0 Å². The minimum absolute atomic E-state index is 0.00929. The quantitative estimate of drug-likeness (QED) is 0.838. The highest BCUT2D eigenvalue weighted by molar-refractivity contribution is 7.89. The Kier molecular flexibility index (Phi) is 5.64. The molecule has 0 spiro atoms. The molecule has 2 aromatic rings. The van der Waals surface area contributed by atoms with Crippen LogP contribution in [0.1, 0.15) is 15.9 Å². The van der Waals surface area contributed by atoms with Gasteiger partial charge in [-0.15, -0.1) is 0 Å². The molecule has 0 saturated carbocycles. The lowest BCUT2D eigenvalue weighted by molar-refractivity contribution is -0.137. The number of halogens is 4. The van der Waals surface area contributed by atoms with Crippen molar-refractivity contribution in [1.82, 2.24) is 4.31 Å². The predicted molar refractivity (Wildman–Crippen MR) is 91.7 cm³/mol. The van der Waals surface area contributed by atoms with Gasteiger partial charge in [-0.05, 0) is 42.5 Å². The first-order valence-electron chi connectivity index (χ1n) is 7.13. The number of nitrogens with zero attached hydrogens (tertiary/aromatic N) is 1. The standard InChI is InChI=1S/C16H14ClF3N2O3S/c1-22(2)26(24,25)14-9-12(7-8-13(14)17)21-15(23)10-3-5-11(6-4-10)16(18,19)20/h3-9H,1-2H3,(H,21,23). The van der Waals surface area contributed by atoms with Crippen molar-refractivity contribution >= 4 is 33.2 Å². The summed E-state index contributed by atoms with van der Waals surface area (Å²) in [5, 5.41) is 2.41. The van der Waals surface area contributed by atoms with Gasteiger partial charge in [-0.25, -0.2) is 12.7 Å². The molecule has 10 heteroatoms. The van der Waals surface area contributed by atoms with Crippen LogP contribution in [-0.4, -0.2) is 32.7 Å². The Morgan fingerprint density at radius 3 is 2.15 bits per heavy atom. The summed E-state index contributed by atoms with van der Waals surface area (Å²) in [7, 11) is -1.16. The molecule has 0 atom stereocenters. The van der Waals surface area contributed by atoms with Crippen molar-refractivity contribution in [2.75, 3.05) is 19.4 Å². The molecule has 2 rings (SSSR count). The molecule has 0 aliphatic heterocycles. The minimum Gasteiger partial charge on any atom is -0.322 e. The van der Waals surface area contributed by atoms with Gasteiger partial charge in [0.25, 0.3) is 5.91 Å². The number of carbonyl (C=O) groups excluding carboxylic acids is 1. The van der Waals surface area contributed by atoms with Crippen LogP contribution in [-0.2, 0) is 16.2 Å². The molecule has 0 bridgehead atoms. The van der Waals surface area contributed by atoms with Crippen LogP contribution in [0.4, 0.5) is 18.9 Å². The van der Waals surface area contributed by atoms with E-state index in [1.807, 2.05) is 0 Å². The van der Waals surface area contributed by atoms with Crippen LogP contribution in [0, 0.1) is 0 Å². The van der Waals surface area contributed by atoms with E-state index < -0.39 is 27.7 Å². The van der Waals surface area contributed by atoms with Gasteiger partial charge in [-0.3, -0.25) is 4.79 Å². The molecule has 0 aliphatic carbocycles. The van der Waals surface area contributed by atoms with Crippen molar-refractivity contribution in [3.8, 4) is 0 Å². The average Bonchev–Trinajstić information content (AvgIpc) is 2.55. The third-order valence-corrected chi connectivity index (χ3v) is 5.72. The van der Waals surface area contributed by atoms with Crippen molar-refractivity contribution in [1.29, 1.82) is 0 Å². The first-order chi connectivity index (χ1) is 11.9. The van der Waals surface area contributed by atoms with E-state index in [0.717, 1.165) is 28.6 Å². The lowest BCUT2D eigenvalue weighted by Crippen LogP contribution is -2.23. The summed E-state index contributed by atoms with van der Waals surface area (Å²) in [6, 6.07) is 7.52. The molecule has 5 nitrogen and oxygen atoms in total. The Hall–Kier alpha value is -2.10. The maximum Gasteiger partial charge on any atom is 0.416 e. The largest absolute Gasteiger partial charge is 0.416 e. The number of hydrogen-bond acceptors (Lipinski definition) is 3. The van der Waals surface area contributed by atoms with Crippen molar-refractivity contribution in [3.63, 3.8) is 0 Å². The van der Waals surface area contributed by atoms with Gasteiger partial charge in [0.15, 0.2) is 0 Å². The third kappa shape index (κ3) is 4.35. The average molecular weight is 407 g/mol. The normalized spacial score (nSPS) is 12.3. The molecular weight excluding hydrogens is 393 g/mol. The minimum atomic E-state index is -4.50. The zero-order valence-corrected chi connectivity index (χ0v) is 15.2. The fourth-order valence-electron chi connectivity index (χ4n) is 1.99. The van der Waals surface area contributed by atoms with Gasteiger partial charge >= 0.3 is 6.18 Å². The van der Waals surface area contributed by atoms with Crippen molar-refractivity contribution < 1.29 is 26.4 Å². The lowest BCUT2D eigenvalue weighted by Gasteiger charge is -2.14. The van der Waals surface area contributed by atoms with Gasteiger partial charge in [0.05, 0.1) is 10.6 Å². The first-order valence-corrected chi connectivity index (χ1v) is 8.95. The van der Waals surface area contributed by atoms with Crippen molar-refractivity contribution in [2.24, 2.45) is 0 Å². The van der Waals surface area contributed by atoms with Crippen molar-refractivity contribution in [3.05, 3.63) is 58.6 Å². The Morgan fingerprint density at radius 2 is 1.65 bits per heavy atom. The second kappa shape index (κ2) is 7.26. The highest BCUT2D eigenvalue weighted by atomic mass is 35.5. The molecule has 0 radical (unpaired) electrons. The number of hydrogen-bond donors (Lipinski definition) is 1. The number of rotatable bonds is 4.